The van der Waals surface area contributed by atoms with Gasteiger partial charge in [-0.15, -0.1) is 0 Å². The SMILES string of the molecule is C=CCOc1cccc([C@H]2NC(=S)NC(C)=C2C(=O)Nc2cccc(OC)c2)c1. The number of nitrogens with one attached hydrogen (secondary N) is 3. The molecule has 1 heterocycles. The first-order valence-corrected chi connectivity index (χ1v) is 9.50. The number of carbonyl (C=O) groups is 1. The van der Waals surface area contributed by atoms with Gasteiger partial charge in [0.15, 0.2) is 5.11 Å². The molecule has 2 aromatic rings. The first-order chi connectivity index (χ1) is 14.0. The van der Waals surface area contributed by atoms with E-state index in [9.17, 15) is 4.79 Å². The fourth-order valence-corrected chi connectivity index (χ4v) is 3.35. The molecule has 0 radical (unpaired) electrons. The van der Waals surface area contributed by atoms with Gasteiger partial charge in [0.1, 0.15) is 18.1 Å². The summed E-state index contributed by atoms with van der Waals surface area (Å²) in [5.41, 5.74) is 2.74. The normalized spacial score (nSPS) is 15.8. The Kier molecular flexibility index (Phi) is 6.51. The minimum Gasteiger partial charge on any atom is -0.497 e. The molecular weight excluding hydrogens is 386 g/mol. The average molecular weight is 410 g/mol. The second kappa shape index (κ2) is 9.25. The number of rotatable bonds is 7. The predicted molar refractivity (Wildman–Crippen MR) is 118 cm³/mol. The maximum Gasteiger partial charge on any atom is 0.255 e. The number of amides is 1. The van der Waals surface area contributed by atoms with Gasteiger partial charge in [-0.2, -0.15) is 0 Å². The lowest BCUT2D eigenvalue weighted by molar-refractivity contribution is -0.113. The fourth-order valence-electron chi connectivity index (χ4n) is 3.08. The molecule has 6 nitrogen and oxygen atoms in total. The average Bonchev–Trinajstić information content (AvgIpc) is 2.72. The van der Waals surface area contributed by atoms with Crippen LogP contribution in [0.4, 0.5) is 5.69 Å². The van der Waals surface area contributed by atoms with Crippen LogP contribution in [0.1, 0.15) is 18.5 Å². The van der Waals surface area contributed by atoms with E-state index in [0.29, 0.717) is 40.2 Å². The highest BCUT2D eigenvalue weighted by Crippen LogP contribution is 2.30. The molecule has 1 atom stereocenters. The minimum absolute atomic E-state index is 0.235. The first kappa shape index (κ1) is 20.4. The third-order valence-electron chi connectivity index (χ3n) is 4.40. The molecule has 0 unspecified atom stereocenters. The van der Waals surface area contributed by atoms with E-state index in [-0.39, 0.29) is 5.91 Å². The van der Waals surface area contributed by atoms with Crippen LogP contribution in [-0.2, 0) is 4.79 Å². The molecule has 1 aliphatic heterocycles. The predicted octanol–water partition coefficient (Wildman–Crippen LogP) is 3.69. The van der Waals surface area contributed by atoms with E-state index in [1.54, 1.807) is 19.3 Å². The second-order valence-electron chi connectivity index (χ2n) is 6.43. The zero-order chi connectivity index (χ0) is 20.8. The molecular formula is C22H23N3O3S. The summed E-state index contributed by atoms with van der Waals surface area (Å²) in [4.78, 5) is 13.1. The Balaban J connectivity index is 1.91. The van der Waals surface area contributed by atoms with Gasteiger partial charge in [-0.1, -0.05) is 30.9 Å². The summed E-state index contributed by atoms with van der Waals surface area (Å²) < 4.78 is 10.9. The molecule has 3 N–H and O–H groups in total. The van der Waals surface area contributed by atoms with Crippen LogP contribution in [0.5, 0.6) is 11.5 Å². The summed E-state index contributed by atoms with van der Waals surface area (Å²) in [5.74, 6) is 1.12. The molecule has 0 spiro atoms. The number of benzene rings is 2. The van der Waals surface area contributed by atoms with Gasteiger partial charge >= 0.3 is 0 Å². The van der Waals surface area contributed by atoms with Crippen molar-refractivity contribution < 1.29 is 14.3 Å². The number of carbonyl (C=O) groups excluding carboxylic acids is 1. The standard InChI is InChI=1S/C22H23N3O3S/c1-4-11-28-18-10-5-7-15(12-18)20-19(14(2)23-22(29)25-20)21(26)24-16-8-6-9-17(13-16)27-3/h4-10,12-13,20H,1,11H2,2-3H3,(H,24,26)(H2,23,25,29)/t20-/m1/s1. The highest BCUT2D eigenvalue weighted by Gasteiger charge is 2.30. The number of hydrogen-bond donors (Lipinski definition) is 3. The van der Waals surface area contributed by atoms with Gasteiger partial charge in [0.2, 0.25) is 0 Å². The van der Waals surface area contributed by atoms with Crippen LogP contribution in [0.15, 0.2) is 72.5 Å². The van der Waals surface area contributed by atoms with Crippen molar-refractivity contribution in [2.24, 2.45) is 0 Å². The van der Waals surface area contributed by atoms with E-state index < -0.39 is 6.04 Å². The van der Waals surface area contributed by atoms with Crippen LogP contribution in [0.2, 0.25) is 0 Å². The van der Waals surface area contributed by atoms with E-state index in [1.807, 2.05) is 49.4 Å². The lowest BCUT2D eigenvalue weighted by Gasteiger charge is -2.30. The molecule has 3 rings (SSSR count). The molecule has 2 aromatic carbocycles. The molecule has 0 fully saturated rings. The molecule has 0 saturated carbocycles. The zero-order valence-corrected chi connectivity index (χ0v) is 17.1. The zero-order valence-electron chi connectivity index (χ0n) is 16.3. The van der Waals surface area contributed by atoms with Gasteiger partial charge in [0.25, 0.3) is 5.91 Å². The van der Waals surface area contributed by atoms with Crippen molar-refractivity contribution in [2.45, 2.75) is 13.0 Å². The molecule has 0 aromatic heterocycles. The second-order valence-corrected chi connectivity index (χ2v) is 6.84. The molecule has 0 bridgehead atoms. The summed E-state index contributed by atoms with van der Waals surface area (Å²) in [6.07, 6.45) is 1.68. The summed E-state index contributed by atoms with van der Waals surface area (Å²) in [5, 5.41) is 9.62. The summed E-state index contributed by atoms with van der Waals surface area (Å²) in [7, 11) is 1.58. The minimum atomic E-state index is -0.415. The quantitative estimate of drug-likeness (QED) is 0.479. The van der Waals surface area contributed by atoms with Crippen LogP contribution < -0.4 is 25.4 Å². The number of hydrogen-bond acceptors (Lipinski definition) is 4. The molecule has 1 aliphatic rings. The number of ether oxygens (including phenoxy) is 2. The van der Waals surface area contributed by atoms with Gasteiger partial charge in [0.05, 0.1) is 18.7 Å². The lowest BCUT2D eigenvalue weighted by Crippen LogP contribution is -2.45. The van der Waals surface area contributed by atoms with Crippen molar-refractivity contribution in [1.29, 1.82) is 0 Å². The van der Waals surface area contributed by atoms with E-state index in [4.69, 9.17) is 21.7 Å². The molecule has 0 aliphatic carbocycles. The van der Waals surface area contributed by atoms with Gasteiger partial charge in [-0.25, -0.2) is 0 Å². The van der Waals surface area contributed by atoms with E-state index in [0.717, 1.165) is 5.56 Å². The lowest BCUT2D eigenvalue weighted by atomic mass is 9.94. The Bertz CT molecular complexity index is 971. The van der Waals surface area contributed by atoms with Crippen molar-refractivity contribution in [3.8, 4) is 11.5 Å². The Morgan fingerprint density at radius 1 is 1.24 bits per heavy atom. The van der Waals surface area contributed by atoms with E-state index >= 15 is 0 Å². The molecule has 1 amide bonds. The molecule has 150 valence electrons. The third kappa shape index (κ3) is 4.94. The summed E-state index contributed by atoms with van der Waals surface area (Å²) in [6.45, 7) is 5.90. The van der Waals surface area contributed by atoms with E-state index in [1.165, 1.54) is 0 Å². The number of thiocarbonyl (C=S) groups is 1. The highest BCUT2D eigenvalue weighted by molar-refractivity contribution is 7.80. The molecule has 29 heavy (non-hydrogen) atoms. The molecule has 0 saturated heterocycles. The fraction of sp³-hybridized carbons (Fsp3) is 0.182. The van der Waals surface area contributed by atoms with Gasteiger partial charge in [-0.05, 0) is 49.0 Å². The summed E-state index contributed by atoms with van der Waals surface area (Å²) in [6, 6.07) is 14.4. The smallest absolute Gasteiger partial charge is 0.255 e. The molecule has 7 heteroatoms. The Labute approximate surface area is 175 Å². The largest absolute Gasteiger partial charge is 0.497 e. The first-order valence-electron chi connectivity index (χ1n) is 9.09. The third-order valence-corrected chi connectivity index (χ3v) is 4.62. The van der Waals surface area contributed by atoms with Crippen LogP contribution in [0.25, 0.3) is 0 Å². The van der Waals surface area contributed by atoms with Gasteiger partial charge < -0.3 is 25.4 Å². The van der Waals surface area contributed by atoms with Crippen molar-refractivity contribution in [3.05, 3.63) is 78.0 Å². The number of anilines is 1. The van der Waals surface area contributed by atoms with Crippen LogP contribution in [0, 0.1) is 0 Å². The van der Waals surface area contributed by atoms with Crippen LogP contribution >= 0.6 is 12.2 Å². The topological polar surface area (TPSA) is 71.6 Å². The van der Waals surface area contributed by atoms with Crippen molar-refractivity contribution in [1.82, 2.24) is 10.6 Å². The van der Waals surface area contributed by atoms with Crippen molar-refractivity contribution in [3.63, 3.8) is 0 Å². The maximum absolute atomic E-state index is 13.1. The monoisotopic (exact) mass is 409 g/mol. The van der Waals surface area contributed by atoms with Crippen LogP contribution in [-0.4, -0.2) is 24.7 Å². The Morgan fingerprint density at radius 3 is 2.76 bits per heavy atom. The number of methoxy groups -OCH3 is 1. The highest BCUT2D eigenvalue weighted by atomic mass is 32.1. The van der Waals surface area contributed by atoms with E-state index in [2.05, 4.69) is 22.5 Å². The van der Waals surface area contributed by atoms with Crippen molar-refractivity contribution >= 4 is 28.9 Å². The maximum atomic E-state index is 13.1. The van der Waals surface area contributed by atoms with Crippen LogP contribution in [0.3, 0.4) is 0 Å². The van der Waals surface area contributed by atoms with Crippen molar-refractivity contribution in [2.75, 3.05) is 19.0 Å². The Morgan fingerprint density at radius 2 is 2.00 bits per heavy atom. The number of allylic oxidation sites excluding steroid dienone is 1. The van der Waals surface area contributed by atoms with Gasteiger partial charge in [-0.3, -0.25) is 4.79 Å². The Hall–Kier alpha value is -3.32. The summed E-state index contributed by atoms with van der Waals surface area (Å²) >= 11 is 5.32. The van der Waals surface area contributed by atoms with Gasteiger partial charge in [0, 0.05) is 17.5 Å².